The van der Waals surface area contributed by atoms with E-state index in [-0.39, 0.29) is 31.9 Å². The Balaban J connectivity index is 0.00000533. The second kappa shape index (κ2) is 14.2. The van der Waals surface area contributed by atoms with Crippen molar-refractivity contribution in [3.8, 4) is 17.3 Å². The number of rotatable bonds is 3. The van der Waals surface area contributed by atoms with Crippen molar-refractivity contribution in [2.75, 3.05) is 4.90 Å². The van der Waals surface area contributed by atoms with Crippen LogP contribution in [0.1, 0.15) is 122 Å². The number of aryl methyl sites for hydroxylation is 4. The van der Waals surface area contributed by atoms with Crippen molar-refractivity contribution >= 4 is 44.8 Å². The molecule has 0 radical (unpaired) electrons. The normalized spacial score (nSPS) is 20.5. The fourth-order valence-corrected chi connectivity index (χ4v) is 9.81. The van der Waals surface area contributed by atoms with Gasteiger partial charge >= 0.3 is 21.1 Å². The van der Waals surface area contributed by atoms with Gasteiger partial charge in [-0.3, -0.25) is 4.99 Å². The first-order valence-electron chi connectivity index (χ1n) is 22.9. The molecular weight excluding hydrogens is 956 g/mol. The van der Waals surface area contributed by atoms with Gasteiger partial charge in [-0.1, -0.05) is 115 Å². The summed E-state index contributed by atoms with van der Waals surface area (Å²) in [6.45, 7) is 29.9. The summed E-state index contributed by atoms with van der Waals surface area (Å²) in [5.41, 5.74) is 9.71. The molecule has 0 N–H and O–H groups in total. The Morgan fingerprint density at radius 1 is 0.730 bits per heavy atom. The van der Waals surface area contributed by atoms with Crippen molar-refractivity contribution in [1.29, 1.82) is 0 Å². The zero-order valence-electron chi connectivity index (χ0n) is 41.0. The average Bonchev–Trinajstić information content (AvgIpc) is 3.76. The van der Waals surface area contributed by atoms with Gasteiger partial charge in [0.1, 0.15) is 28.6 Å². The Bertz CT molecular complexity index is 3180. The maximum atomic E-state index is 9.93. The molecule has 0 unspecified atom stereocenters. The molecule has 2 aliphatic heterocycles. The molecule has 3 aliphatic rings. The van der Waals surface area contributed by atoms with Crippen LogP contribution in [0.4, 0.5) is 17.1 Å². The molecule has 1 aliphatic carbocycles. The van der Waals surface area contributed by atoms with Crippen molar-refractivity contribution < 1.29 is 33.3 Å². The first kappa shape index (κ1) is 40.6. The summed E-state index contributed by atoms with van der Waals surface area (Å²) in [7, 11) is 0. The molecule has 0 saturated heterocycles. The molecule has 10 rings (SSSR count). The van der Waals surface area contributed by atoms with Crippen molar-refractivity contribution in [1.82, 2.24) is 9.55 Å². The summed E-state index contributed by atoms with van der Waals surface area (Å²) in [4.78, 5) is 12.7. The SMILES string of the molecule is [2H]C1([2H])c2cc(C)c(C)cc2[C@@]2(C)N=C(c3[c-]c(N4c5[c-]c6c(cc5Oc5cc(C)ccc54)c4cc(C)ccc4n6-c4cc(C(C)(C)C)ccn4)cc(C(C)(C)C)c3)O[C@@]12C(C)(C)C.[Pt+2]. The zero-order chi connectivity index (χ0) is 45.8. The Morgan fingerprint density at radius 2 is 1.43 bits per heavy atom. The van der Waals surface area contributed by atoms with E-state index in [9.17, 15) is 2.74 Å². The third-order valence-corrected chi connectivity index (χ3v) is 13.5. The Hall–Kier alpha value is -5.19. The van der Waals surface area contributed by atoms with Gasteiger partial charge in [-0.25, -0.2) is 4.98 Å². The summed E-state index contributed by atoms with van der Waals surface area (Å²) in [6, 6.07) is 35.5. The molecule has 7 aromatic rings. The molecule has 63 heavy (non-hydrogen) atoms. The van der Waals surface area contributed by atoms with Crippen LogP contribution in [0.15, 0.2) is 90.1 Å². The Kier molecular flexibility index (Phi) is 9.12. The molecule has 0 amide bonds. The molecule has 4 heterocycles. The van der Waals surface area contributed by atoms with Crippen molar-refractivity contribution in [2.24, 2.45) is 10.4 Å². The van der Waals surface area contributed by atoms with E-state index in [1.807, 2.05) is 19.2 Å². The monoisotopic (exact) mass is 1020 g/mol. The summed E-state index contributed by atoms with van der Waals surface area (Å²) in [6.07, 6.45) is 0.0448. The van der Waals surface area contributed by atoms with Crippen LogP contribution in [0, 0.1) is 45.2 Å². The van der Waals surface area contributed by atoms with Gasteiger partial charge in [0.05, 0.1) is 5.69 Å². The smallest absolute Gasteiger partial charge is 0.513 e. The summed E-state index contributed by atoms with van der Waals surface area (Å²) in [5.74, 6) is 2.62. The maximum absolute atomic E-state index is 9.93. The third-order valence-electron chi connectivity index (χ3n) is 13.5. The molecule has 2 atom stereocenters. The quantitative estimate of drug-likeness (QED) is 0.166. The third kappa shape index (κ3) is 6.52. The molecule has 0 spiro atoms. The van der Waals surface area contributed by atoms with E-state index >= 15 is 0 Å². The van der Waals surface area contributed by atoms with Gasteiger partial charge < -0.3 is 18.9 Å². The Morgan fingerprint density at radius 3 is 2.14 bits per heavy atom. The second-order valence-corrected chi connectivity index (χ2v) is 21.2. The molecule has 7 heteroatoms. The molecule has 0 bridgehead atoms. The van der Waals surface area contributed by atoms with Crippen LogP contribution >= 0.6 is 0 Å². The van der Waals surface area contributed by atoms with Crippen molar-refractivity contribution in [3.63, 3.8) is 0 Å². The van der Waals surface area contributed by atoms with Gasteiger partial charge in [0.25, 0.3) is 0 Å². The van der Waals surface area contributed by atoms with Crippen LogP contribution in [0.25, 0.3) is 27.6 Å². The van der Waals surface area contributed by atoms with Crippen LogP contribution in [0.5, 0.6) is 11.5 Å². The van der Waals surface area contributed by atoms with Gasteiger partial charge in [0, 0.05) is 32.0 Å². The topological polar surface area (TPSA) is 51.9 Å². The molecule has 5 aromatic carbocycles. The van der Waals surface area contributed by atoms with Crippen LogP contribution < -0.4 is 9.64 Å². The van der Waals surface area contributed by atoms with E-state index in [0.29, 0.717) is 22.8 Å². The number of fused-ring (bicyclic) bond motifs is 8. The minimum Gasteiger partial charge on any atom is -0.513 e. The van der Waals surface area contributed by atoms with Crippen LogP contribution in [0.2, 0.25) is 0 Å². The van der Waals surface area contributed by atoms with Crippen molar-refractivity contribution in [2.45, 2.75) is 125 Å². The first-order valence-corrected chi connectivity index (χ1v) is 21.9. The molecular formula is C56H58N4O2Pt. The van der Waals surface area contributed by atoms with Gasteiger partial charge in [0.2, 0.25) is 0 Å². The summed E-state index contributed by atoms with van der Waals surface area (Å²) in [5, 5.41) is 2.12. The molecule has 324 valence electrons. The van der Waals surface area contributed by atoms with E-state index < -0.39 is 22.9 Å². The number of pyridine rings is 1. The molecule has 0 saturated carbocycles. The first-order chi connectivity index (χ1) is 29.8. The minimum absolute atomic E-state index is 0. The van der Waals surface area contributed by atoms with Gasteiger partial charge in [-0.15, -0.1) is 35.9 Å². The second-order valence-electron chi connectivity index (χ2n) is 21.2. The van der Waals surface area contributed by atoms with E-state index in [4.69, 9.17) is 19.5 Å². The number of benzene rings is 5. The average molecular weight is 1020 g/mol. The minimum atomic E-state index is -1.86. The van der Waals surface area contributed by atoms with Gasteiger partial charge in [0.15, 0.2) is 0 Å². The van der Waals surface area contributed by atoms with Gasteiger partial charge in [-0.2, -0.15) is 0 Å². The van der Waals surface area contributed by atoms with E-state index in [1.165, 1.54) is 5.56 Å². The van der Waals surface area contributed by atoms with Gasteiger partial charge in [-0.05, 0) is 126 Å². The zero-order valence-corrected chi connectivity index (χ0v) is 41.3. The summed E-state index contributed by atoms with van der Waals surface area (Å²) < 4.78 is 36.2. The van der Waals surface area contributed by atoms with Crippen LogP contribution in [-0.2, 0) is 48.5 Å². The number of hydrogen-bond acceptors (Lipinski definition) is 5. The Labute approximate surface area is 390 Å². The fourth-order valence-electron chi connectivity index (χ4n) is 9.81. The maximum Gasteiger partial charge on any atom is 2.00 e. The molecule has 0 fully saturated rings. The number of nitrogens with zero attached hydrogens (tertiary/aromatic N) is 4. The van der Waals surface area contributed by atoms with E-state index in [0.717, 1.165) is 83.8 Å². The number of aliphatic imine (C=N–C) groups is 1. The molecule has 6 nitrogen and oxygen atoms in total. The molecule has 2 aromatic heterocycles. The largest absolute Gasteiger partial charge is 2.00 e. The number of aromatic nitrogens is 2. The van der Waals surface area contributed by atoms with Crippen LogP contribution in [-0.4, -0.2) is 21.0 Å². The predicted molar refractivity (Wildman–Crippen MR) is 255 cm³/mol. The standard InChI is InChI=1S/C56H58N4O2.Pt/c1-32-15-17-44-41(21-32)42-29-49-47(30-46(42)60(44)50-28-38(19-20-57-50)52(5,6)7)59(45-18-16-33(2)22-48(45)61-49)40-26-36(25-39(27-40)53(8,9)10)51-58-55(14)43-24-35(4)34(3)23-37(43)31-56(55,62-51)54(11,12)13;/h15-25,27-29H,31H2,1-14H3;/q-2;+2/t55-,56-;/m1./s1/i31D2;. The predicted octanol–water partition coefficient (Wildman–Crippen LogP) is 14.2. The fraction of sp³-hybridized carbons (Fsp3) is 0.357. The summed E-state index contributed by atoms with van der Waals surface area (Å²) >= 11 is 0. The number of ether oxygens (including phenoxy) is 2. The number of hydrogen-bond donors (Lipinski definition) is 0. The van der Waals surface area contributed by atoms with Crippen LogP contribution in [0.3, 0.4) is 0 Å². The number of anilines is 3. The van der Waals surface area contributed by atoms with Crippen molar-refractivity contribution in [3.05, 3.63) is 147 Å². The van der Waals surface area contributed by atoms with E-state index in [2.05, 4.69) is 184 Å². The van der Waals surface area contributed by atoms with E-state index in [1.54, 1.807) is 0 Å².